The van der Waals surface area contributed by atoms with E-state index in [1.165, 1.54) is 6.42 Å². The molecule has 0 aromatic heterocycles. The molecule has 1 amide bonds. The second-order valence-corrected chi connectivity index (χ2v) is 2.88. The van der Waals surface area contributed by atoms with Crippen LogP contribution in [0.25, 0.3) is 0 Å². The number of alkyl carbamates (subject to hydrolysis) is 2. The number of ether oxygens (including phenoxy) is 1. The highest BCUT2D eigenvalue weighted by molar-refractivity contribution is 5.56. The Morgan fingerprint density at radius 3 is 2.55 bits per heavy atom. The zero-order valence-corrected chi connectivity index (χ0v) is 7.06. The smallest absolute Gasteiger partial charge is 0.420 e. The lowest BCUT2D eigenvalue weighted by Crippen LogP contribution is -3.15. The van der Waals surface area contributed by atoms with Crippen LogP contribution < -0.4 is 4.90 Å². The number of hydrogen-bond donors (Lipinski definition) is 1. The molecule has 64 valence electrons. The molecule has 1 N–H and O–H groups in total. The van der Waals surface area contributed by atoms with Gasteiger partial charge in [-0.1, -0.05) is 0 Å². The van der Waals surface area contributed by atoms with Crippen LogP contribution in [-0.2, 0) is 4.74 Å². The van der Waals surface area contributed by atoms with E-state index in [-0.39, 0.29) is 6.09 Å². The Balaban J connectivity index is 2.27. The summed E-state index contributed by atoms with van der Waals surface area (Å²) in [6.45, 7) is 4.27. The van der Waals surface area contributed by atoms with Gasteiger partial charge in [0.05, 0.1) is 19.7 Å². The van der Waals surface area contributed by atoms with E-state index in [1.54, 1.807) is 0 Å². The van der Waals surface area contributed by atoms with Crippen molar-refractivity contribution in [1.82, 2.24) is 0 Å². The third kappa shape index (κ3) is 2.50. The van der Waals surface area contributed by atoms with E-state index in [2.05, 4.69) is 0 Å². The minimum atomic E-state index is -0.0628. The number of carbonyl (C=O) groups excluding carboxylic acids is 1. The SMILES string of the molecule is CCOC(=O)[NH+]1CCCCC1. The van der Waals surface area contributed by atoms with Gasteiger partial charge in [0.2, 0.25) is 0 Å². The second kappa shape index (κ2) is 4.34. The molecule has 1 aliphatic rings. The summed E-state index contributed by atoms with van der Waals surface area (Å²) in [6, 6.07) is 0. The van der Waals surface area contributed by atoms with Crippen molar-refractivity contribution in [2.24, 2.45) is 0 Å². The summed E-state index contributed by atoms with van der Waals surface area (Å²) in [5.74, 6) is 0. The monoisotopic (exact) mass is 158 g/mol. The van der Waals surface area contributed by atoms with Crippen LogP contribution in [0.5, 0.6) is 0 Å². The maximum atomic E-state index is 11.1. The fourth-order valence-electron chi connectivity index (χ4n) is 1.42. The van der Waals surface area contributed by atoms with Gasteiger partial charge in [-0.3, -0.25) is 0 Å². The van der Waals surface area contributed by atoms with Gasteiger partial charge in [0.15, 0.2) is 0 Å². The Morgan fingerprint density at radius 1 is 1.36 bits per heavy atom. The quantitative estimate of drug-likeness (QED) is 0.591. The van der Waals surface area contributed by atoms with Crippen molar-refractivity contribution in [1.29, 1.82) is 0 Å². The standard InChI is InChI=1S/C8H15NO2/c1-2-11-8(10)9-6-4-3-5-7-9/h2-7H2,1H3/p+1. The summed E-state index contributed by atoms with van der Waals surface area (Å²) in [7, 11) is 0. The molecule has 0 radical (unpaired) electrons. The molecule has 3 nitrogen and oxygen atoms in total. The number of quaternary nitrogens is 1. The van der Waals surface area contributed by atoms with Crippen molar-refractivity contribution in [2.75, 3.05) is 19.7 Å². The summed E-state index contributed by atoms with van der Waals surface area (Å²) < 4.78 is 4.91. The van der Waals surface area contributed by atoms with E-state index in [0.29, 0.717) is 6.61 Å². The molecule has 0 saturated carbocycles. The molecule has 0 atom stereocenters. The van der Waals surface area contributed by atoms with Crippen LogP contribution in [0.2, 0.25) is 0 Å². The van der Waals surface area contributed by atoms with Crippen molar-refractivity contribution in [3.05, 3.63) is 0 Å². The summed E-state index contributed by atoms with van der Waals surface area (Å²) in [5.41, 5.74) is 0. The molecule has 3 heteroatoms. The van der Waals surface area contributed by atoms with Crippen LogP contribution in [0.15, 0.2) is 0 Å². The molecule has 0 aromatic carbocycles. The largest absolute Gasteiger partial charge is 0.514 e. The molecule has 0 spiro atoms. The van der Waals surface area contributed by atoms with Crippen LogP contribution in [0, 0.1) is 0 Å². The molecule has 0 aliphatic carbocycles. The molecule has 1 saturated heterocycles. The zero-order valence-electron chi connectivity index (χ0n) is 7.06. The maximum absolute atomic E-state index is 11.1. The second-order valence-electron chi connectivity index (χ2n) is 2.88. The molecule has 11 heavy (non-hydrogen) atoms. The normalized spacial score (nSPS) is 19.7. The molecular weight excluding hydrogens is 142 g/mol. The molecule has 1 heterocycles. The van der Waals surface area contributed by atoms with Gasteiger partial charge in [0.1, 0.15) is 0 Å². The van der Waals surface area contributed by atoms with Crippen LogP contribution in [0.4, 0.5) is 4.79 Å². The van der Waals surface area contributed by atoms with Gasteiger partial charge in [-0.25, -0.2) is 4.90 Å². The van der Waals surface area contributed by atoms with E-state index >= 15 is 0 Å². The van der Waals surface area contributed by atoms with E-state index in [4.69, 9.17) is 4.74 Å². The lowest BCUT2D eigenvalue weighted by molar-refractivity contribution is -0.829. The third-order valence-corrected chi connectivity index (χ3v) is 2.02. The molecule has 0 bridgehead atoms. The number of amides is 1. The highest BCUT2D eigenvalue weighted by atomic mass is 16.6. The molecular formula is C8H16NO2+. The molecule has 1 rings (SSSR count). The number of hydrogen-bond acceptors (Lipinski definition) is 2. The Bertz CT molecular complexity index is 130. The Kier molecular flexibility index (Phi) is 3.36. The highest BCUT2D eigenvalue weighted by Crippen LogP contribution is 1.94. The number of carbonyl (C=O) groups is 1. The highest BCUT2D eigenvalue weighted by Gasteiger charge is 2.22. The van der Waals surface area contributed by atoms with Gasteiger partial charge in [0, 0.05) is 0 Å². The number of rotatable bonds is 1. The zero-order chi connectivity index (χ0) is 8.10. The van der Waals surface area contributed by atoms with Crippen molar-refractivity contribution in [2.45, 2.75) is 26.2 Å². The first kappa shape index (κ1) is 8.53. The minimum absolute atomic E-state index is 0.0628. The number of likely N-dealkylation sites (tertiary alicyclic amines) is 1. The molecule has 0 aromatic rings. The molecule has 1 aliphatic heterocycles. The van der Waals surface area contributed by atoms with Crippen molar-refractivity contribution in [3.8, 4) is 0 Å². The summed E-state index contributed by atoms with van der Waals surface area (Å²) in [6.07, 6.45) is 3.53. The summed E-state index contributed by atoms with van der Waals surface area (Å²) in [5, 5.41) is 0. The molecule has 1 fully saturated rings. The first-order chi connectivity index (χ1) is 5.34. The van der Waals surface area contributed by atoms with Gasteiger partial charge in [0.25, 0.3) is 0 Å². The van der Waals surface area contributed by atoms with Gasteiger partial charge in [-0.05, 0) is 26.2 Å². The average molecular weight is 158 g/mol. The fourth-order valence-corrected chi connectivity index (χ4v) is 1.42. The minimum Gasteiger partial charge on any atom is -0.420 e. The number of nitrogens with one attached hydrogen (secondary N) is 1. The first-order valence-electron chi connectivity index (χ1n) is 4.36. The van der Waals surface area contributed by atoms with Gasteiger partial charge >= 0.3 is 6.09 Å². The van der Waals surface area contributed by atoms with Crippen molar-refractivity contribution >= 4 is 6.09 Å². The van der Waals surface area contributed by atoms with Crippen LogP contribution >= 0.6 is 0 Å². The predicted molar refractivity (Wildman–Crippen MR) is 41.6 cm³/mol. The van der Waals surface area contributed by atoms with Crippen LogP contribution in [0.1, 0.15) is 26.2 Å². The Morgan fingerprint density at radius 2 is 2.00 bits per heavy atom. The van der Waals surface area contributed by atoms with Crippen LogP contribution in [-0.4, -0.2) is 25.8 Å². The lowest BCUT2D eigenvalue weighted by Gasteiger charge is -2.19. The van der Waals surface area contributed by atoms with E-state index in [9.17, 15) is 4.79 Å². The third-order valence-electron chi connectivity index (χ3n) is 2.02. The summed E-state index contributed by atoms with van der Waals surface area (Å²) in [4.78, 5) is 12.1. The van der Waals surface area contributed by atoms with Gasteiger partial charge < -0.3 is 4.74 Å². The topological polar surface area (TPSA) is 30.7 Å². The van der Waals surface area contributed by atoms with E-state index < -0.39 is 0 Å². The van der Waals surface area contributed by atoms with Gasteiger partial charge in [-0.2, -0.15) is 4.79 Å². The van der Waals surface area contributed by atoms with Crippen molar-refractivity contribution in [3.63, 3.8) is 0 Å². The predicted octanol–water partition coefficient (Wildman–Crippen LogP) is 0.212. The van der Waals surface area contributed by atoms with Gasteiger partial charge in [-0.15, -0.1) is 0 Å². The Hall–Kier alpha value is -0.570. The average Bonchev–Trinajstić information content (AvgIpc) is 2.07. The first-order valence-corrected chi connectivity index (χ1v) is 4.36. The van der Waals surface area contributed by atoms with E-state index in [1.807, 2.05) is 6.92 Å². The van der Waals surface area contributed by atoms with Crippen molar-refractivity contribution < 1.29 is 14.4 Å². The fraction of sp³-hybridized carbons (Fsp3) is 0.875. The van der Waals surface area contributed by atoms with E-state index in [0.717, 1.165) is 30.8 Å². The maximum Gasteiger partial charge on any atom is 0.514 e. The number of piperidine rings is 1. The van der Waals surface area contributed by atoms with Crippen LogP contribution in [0.3, 0.4) is 0 Å². The molecule has 0 unspecified atom stereocenters. The Labute approximate surface area is 67.3 Å². The summed E-state index contributed by atoms with van der Waals surface area (Å²) >= 11 is 0. The lowest BCUT2D eigenvalue weighted by atomic mass is 10.1.